The van der Waals surface area contributed by atoms with Crippen LogP contribution in [0.15, 0.2) is 60.7 Å². The molecule has 2 fully saturated rings. The van der Waals surface area contributed by atoms with E-state index in [1.165, 1.54) is 4.90 Å². The molecule has 150 valence electrons. The number of likely N-dealkylation sites (tertiary alicyclic amines) is 1. The number of piperazine rings is 1. The first-order valence-electron chi connectivity index (χ1n) is 9.78. The number of para-hydroxylation sites is 2. The molecular weight excluding hydrogens is 370 g/mol. The molecule has 2 aromatic rings. The lowest BCUT2D eigenvalue weighted by Crippen LogP contribution is -2.69. The molecule has 3 atom stereocenters. The first-order chi connectivity index (χ1) is 14.1. The van der Waals surface area contributed by atoms with E-state index in [4.69, 9.17) is 0 Å². The number of carbonyl (C=O) groups excluding carboxylic acids is 2. The van der Waals surface area contributed by atoms with E-state index in [1.54, 1.807) is 9.80 Å². The maximum Gasteiger partial charge on any atom is 0.329 e. The Morgan fingerprint density at radius 1 is 0.966 bits per heavy atom. The molecule has 3 amide bonds. The highest BCUT2D eigenvalue weighted by Crippen LogP contribution is 2.35. The minimum absolute atomic E-state index is 0.154. The van der Waals surface area contributed by atoms with E-state index in [2.05, 4.69) is 0 Å². The third kappa shape index (κ3) is 3.44. The van der Waals surface area contributed by atoms with Crippen molar-refractivity contribution >= 4 is 29.8 Å². The second-order valence-corrected chi connectivity index (χ2v) is 7.43. The number of benzene rings is 2. The Morgan fingerprint density at radius 2 is 1.55 bits per heavy atom. The molecule has 0 unspecified atom stereocenters. The van der Waals surface area contributed by atoms with Gasteiger partial charge in [-0.2, -0.15) is 0 Å². The summed E-state index contributed by atoms with van der Waals surface area (Å²) in [4.78, 5) is 42.1. The Bertz CT molecular complexity index is 850. The molecule has 2 aliphatic rings. The zero-order valence-electron chi connectivity index (χ0n) is 15.9. The van der Waals surface area contributed by atoms with Crippen LogP contribution >= 0.6 is 0 Å². The number of amides is 3. The molecule has 4 rings (SSSR count). The summed E-state index contributed by atoms with van der Waals surface area (Å²) in [5.41, 5.74) is 1.33. The number of urea groups is 1. The van der Waals surface area contributed by atoms with Crippen molar-refractivity contribution in [1.82, 2.24) is 9.80 Å². The molecule has 2 aromatic carbocycles. The van der Waals surface area contributed by atoms with Crippen molar-refractivity contribution < 1.29 is 19.5 Å². The predicted molar refractivity (Wildman–Crippen MR) is 108 cm³/mol. The van der Waals surface area contributed by atoms with Crippen LogP contribution in [0.1, 0.15) is 19.3 Å². The van der Waals surface area contributed by atoms with Crippen LogP contribution in [0.25, 0.3) is 0 Å². The number of aliphatic carboxylic acids is 1. The fourth-order valence-electron chi connectivity index (χ4n) is 4.50. The van der Waals surface area contributed by atoms with Gasteiger partial charge < -0.3 is 14.9 Å². The molecule has 1 N–H and O–H groups in total. The Hall–Kier alpha value is -3.35. The number of carbonyl (C=O) groups is 3. The van der Waals surface area contributed by atoms with Crippen molar-refractivity contribution in [2.45, 2.75) is 37.4 Å². The highest BCUT2D eigenvalue weighted by atomic mass is 16.4. The monoisotopic (exact) mass is 393 g/mol. The summed E-state index contributed by atoms with van der Waals surface area (Å²) in [7, 11) is 0. The average Bonchev–Trinajstić information content (AvgIpc) is 2.74. The maximum absolute atomic E-state index is 13.7. The van der Waals surface area contributed by atoms with E-state index in [1.807, 2.05) is 60.7 Å². The van der Waals surface area contributed by atoms with Crippen LogP contribution in [0.2, 0.25) is 0 Å². The number of hydrogen-bond donors (Lipinski definition) is 1. The Labute approximate surface area is 169 Å². The fraction of sp³-hybridized carbons (Fsp3) is 0.318. The zero-order chi connectivity index (χ0) is 20.4. The van der Waals surface area contributed by atoms with Crippen molar-refractivity contribution in [1.29, 1.82) is 0 Å². The fourth-order valence-corrected chi connectivity index (χ4v) is 4.50. The van der Waals surface area contributed by atoms with E-state index in [0.717, 1.165) is 19.3 Å². The topological polar surface area (TPSA) is 81.2 Å². The molecular formula is C22H23N3O4. The van der Waals surface area contributed by atoms with Crippen molar-refractivity contribution in [2.75, 3.05) is 11.4 Å². The van der Waals surface area contributed by atoms with E-state index in [0.29, 0.717) is 17.8 Å². The molecule has 2 bridgehead atoms. The van der Waals surface area contributed by atoms with Gasteiger partial charge in [-0.3, -0.25) is 9.69 Å². The number of hydrogen-bond acceptors (Lipinski definition) is 3. The standard InChI is InChI=1S/C22H23N3O4/c26-15-24-18-12-7-13-19(24)20(21(27)28)23(14-18)22(29)25(16-8-3-1-4-9-16)17-10-5-2-6-11-17/h1-6,8-11,15,18-20H,7,12-14H2,(H,27,28)/t18-,19+,20-/m0/s1. The van der Waals surface area contributed by atoms with Crippen LogP contribution in [-0.4, -0.2) is 58.0 Å². The first kappa shape index (κ1) is 19.0. The Kier molecular flexibility index (Phi) is 5.20. The summed E-state index contributed by atoms with van der Waals surface area (Å²) >= 11 is 0. The Morgan fingerprint density at radius 3 is 2.07 bits per heavy atom. The third-order valence-electron chi connectivity index (χ3n) is 5.79. The average molecular weight is 393 g/mol. The number of carboxylic acids is 1. The molecule has 0 radical (unpaired) electrons. The summed E-state index contributed by atoms with van der Waals surface area (Å²) in [6.45, 7) is 0.210. The second kappa shape index (κ2) is 7.95. The van der Waals surface area contributed by atoms with Crippen LogP contribution in [0.3, 0.4) is 0 Å². The molecule has 2 saturated heterocycles. The SMILES string of the molecule is O=CN1[C@H]2CCC[C@@H]1[C@@H](C(=O)O)N(C(=O)N(c1ccccc1)c1ccccc1)C2. The summed E-state index contributed by atoms with van der Waals surface area (Å²) in [5, 5.41) is 9.95. The van der Waals surface area contributed by atoms with Gasteiger partial charge in [0.1, 0.15) is 0 Å². The number of rotatable bonds is 4. The van der Waals surface area contributed by atoms with Crippen LogP contribution in [0.4, 0.5) is 16.2 Å². The summed E-state index contributed by atoms with van der Waals surface area (Å²) in [6.07, 6.45) is 2.93. The minimum Gasteiger partial charge on any atom is -0.480 e. The third-order valence-corrected chi connectivity index (χ3v) is 5.79. The number of anilines is 2. The highest BCUT2D eigenvalue weighted by Gasteiger charge is 2.49. The smallest absolute Gasteiger partial charge is 0.329 e. The van der Waals surface area contributed by atoms with Crippen molar-refractivity contribution in [3.8, 4) is 0 Å². The molecule has 0 saturated carbocycles. The van der Waals surface area contributed by atoms with Gasteiger partial charge in [-0.25, -0.2) is 9.59 Å². The van der Waals surface area contributed by atoms with Gasteiger partial charge in [-0.05, 0) is 43.5 Å². The lowest BCUT2D eigenvalue weighted by atomic mass is 9.86. The van der Waals surface area contributed by atoms with Crippen LogP contribution in [0, 0.1) is 0 Å². The van der Waals surface area contributed by atoms with Crippen LogP contribution in [-0.2, 0) is 9.59 Å². The van der Waals surface area contributed by atoms with Gasteiger partial charge in [0.15, 0.2) is 6.04 Å². The van der Waals surface area contributed by atoms with E-state index in [-0.39, 0.29) is 12.6 Å². The Balaban J connectivity index is 1.75. The van der Waals surface area contributed by atoms with Gasteiger partial charge in [-0.15, -0.1) is 0 Å². The highest BCUT2D eigenvalue weighted by molar-refractivity contribution is 6.01. The molecule has 2 aliphatic heterocycles. The molecule has 7 heteroatoms. The molecule has 0 spiro atoms. The lowest BCUT2D eigenvalue weighted by Gasteiger charge is -2.52. The van der Waals surface area contributed by atoms with Crippen LogP contribution < -0.4 is 4.90 Å². The van der Waals surface area contributed by atoms with Gasteiger partial charge in [0.2, 0.25) is 6.41 Å². The molecule has 29 heavy (non-hydrogen) atoms. The van der Waals surface area contributed by atoms with E-state index in [9.17, 15) is 19.5 Å². The van der Waals surface area contributed by atoms with E-state index >= 15 is 0 Å². The number of nitrogens with zero attached hydrogens (tertiary/aromatic N) is 3. The first-order valence-corrected chi connectivity index (χ1v) is 9.78. The van der Waals surface area contributed by atoms with Crippen molar-refractivity contribution in [3.05, 3.63) is 60.7 Å². The molecule has 0 aliphatic carbocycles. The van der Waals surface area contributed by atoms with E-state index < -0.39 is 24.1 Å². The summed E-state index contributed by atoms with van der Waals surface area (Å²) in [5.74, 6) is -1.09. The zero-order valence-corrected chi connectivity index (χ0v) is 15.9. The van der Waals surface area contributed by atoms with Crippen molar-refractivity contribution in [2.24, 2.45) is 0 Å². The molecule has 0 aromatic heterocycles. The minimum atomic E-state index is -1.09. The van der Waals surface area contributed by atoms with Crippen LogP contribution in [0.5, 0.6) is 0 Å². The molecule has 2 heterocycles. The maximum atomic E-state index is 13.7. The number of carboxylic acid groups (broad SMARTS) is 1. The summed E-state index contributed by atoms with van der Waals surface area (Å²) in [6, 6.07) is 16.3. The van der Waals surface area contributed by atoms with Gasteiger partial charge in [-0.1, -0.05) is 36.4 Å². The van der Waals surface area contributed by atoms with Gasteiger partial charge in [0.05, 0.1) is 17.4 Å². The normalized spacial score (nSPS) is 23.4. The largest absolute Gasteiger partial charge is 0.480 e. The second-order valence-electron chi connectivity index (χ2n) is 7.43. The van der Waals surface area contributed by atoms with Gasteiger partial charge >= 0.3 is 12.0 Å². The summed E-state index contributed by atoms with van der Waals surface area (Å²) < 4.78 is 0. The predicted octanol–water partition coefficient (Wildman–Crippen LogP) is 3.09. The molecule has 7 nitrogen and oxygen atoms in total. The lowest BCUT2D eigenvalue weighted by molar-refractivity contribution is -0.152. The number of piperidine rings is 1. The van der Waals surface area contributed by atoms with Gasteiger partial charge in [0, 0.05) is 12.6 Å². The quantitative estimate of drug-likeness (QED) is 0.810. The van der Waals surface area contributed by atoms with Crippen molar-refractivity contribution in [3.63, 3.8) is 0 Å². The van der Waals surface area contributed by atoms with Gasteiger partial charge in [0.25, 0.3) is 0 Å². The number of fused-ring (bicyclic) bond motifs is 2.